The largest absolute Gasteiger partial charge is 0.392 e. The maximum absolute atomic E-state index is 10.5. The molecule has 1 aromatic heterocycles. The Hall–Kier alpha value is -1.36. The molecule has 2 aromatic rings. The first-order chi connectivity index (χ1) is 11.8. The Morgan fingerprint density at radius 1 is 1.12 bits per heavy atom. The van der Waals surface area contributed by atoms with E-state index in [4.69, 9.17) is 0 Å². The molecule has 2 saturated heterocycles. The maximum atomic E-state index is 10.5. The fourth-order valence-corrected chi connectivity index (χ4v) is 4.43. The number of nitrogens with one attached hydrogen (secondary N) is 1. The van der Waals surface area contributed by atoms with E-state index in [0.29, 0.717) is 11.8 Å². The molecular weight excluding hydrogens is 298 g/mol. The van der Waals surface area contributed by atoms with Gasteiger partial charge in [-0.25, -0.2) is 5.32 Å². The van der Waals surface area contributed by atoms with Crippen LogP contribution < -0.4 is 5.32 Å². The highest BCUT2D eigenvalue weighted by Gasteiger charge is 2.27. The lowest BCUT2D eigenvalue weighted by atomic mass is 9.88. The summed E-state index contributed by atoms with van der Waals surface area (Å²) in [6, 6.07) is 8.60. The predicted molar refractivity (Wildman–Crippen MR) is 97.3 cm³/mol. The third-order valence-corrected chi connectivity index (χ3v) is 5.95. The third-order valence-electron chi connectivity index (χ3n) is 5.95. The number of likely N-dealkylation sites (tertiary alicyclic amines) is 1. The number of benzene rings is 1. The van der Waals surface area contributed by atoms with Crippen molar-refractivity contribution in [2.75, 3.05) is 32.7 Å². The number of rotatable bonds is 4. The fourth-order valence-electron chi connectivity index (χ4n) is 4.43. The number of β-amino-alcohol motifs (C(OH)–C–C–N with tert-alkyl or cyclic N) is 1. The van der Waals surface area contributed by atoms with Crippen molar-refractivity contribution in [3.05, 3.63) is 36.0 Å². The topological polar surface area (TPSA) is 53.4 Å². The van der Waals surface area contributed by atoms with Crippen LogP contribution in [0.5, 0.6) is 0 Å². The summed E-state index contributed by atoms with van der Waals surface area (Å²) >= 11 is 0. The Bertz CT molecular complexity index is 654. The third kappa shape index (κ3) is 3.37. The van der Waals surface area contributed by atoms with Crippen LogP contribution in [0.4, 0.5) is 0 Å². The first-order valence-electron chi connectivity index (χ1n) is 9.41. The summed E-state index contributed by atoms with van der Waals surface area (Å²) in [5.74, 6) is 1.09. The molecule has 0 saturated carbocycles. The van der Waals surface area contributed by atoms with Crippen molar-refractivity contribution in [1.29, 1.82) is 0 Å². The zero-order valence-corrected chi connectivity index (χ0v) is 14.3. The van der Waals surface area contributed by atoms with Gasteiger partial charge in [-0.2, -0.15) is 0 Å². The number of aromatic nitrogens is 1. The minimum Gasteiger partial charge on any atom is -0.392 e. The molecule has 0 amide bonds. The number of fused-ring (bicyclic) bond motifs is 1. The smallest absolute Gasteiger partial charge is 0.0696 e. The van der Waals surface area contributed by atoms with E-state index < -0.39 is 0 Å². The maximum Gasteiger partial charge on any atom is 0.0696 e. The Balaban J connectivity index is 1.33. The molecule has 2 N–H and O–H groups in total. The zero-order valence-electron chi connectivity index (χ0n) is 14.3. The lowest BCUT2D eigenvalue weighted by molar-refractivity contribution is 0.0423. The molecule has 2 fully saturated rings. The molecule has 4 heteroatoms. The van der Waals surface area contributed by atoms with Crippen LogP contribution in [0, 0.1) is 5.92 Å². The van der Waals surface area contributed by atoms with Crippen molar-refractivity contribution in [3.8, 4) is 0 Å². The molecule has 3 heterocycles. The molecule has 0 spiro atoms. The molecule has 1 radical (unpaired) electrons. The lowest BCUT2D eigenvalue weighted by Gasteiger charge is -2.35. The van der Waals surface area contributed by atoms with Crippen LogP contribution in [0.2, 0.25) is 0 Å². The number of hydrogen-bond acceptors (Lipinski definition) is 2. The van der Waals surface area contributed by atoms with Gasteiger partial charge in [-0.15, -0.1) is 0 Å². The van der Waals surface area contributed by atoms with E-state index in [-0.39, 0.29) is 6.10 Å². The second-order valence-electron chi connectivity index (χ2n) is 7.44. The van der Waals surface area contributed by atoms with Gasteiger partial charge in [-0.3, -0.25) is 0 Å². The quantitative estimate of drug-likeness (QED) is 0.908. The van der Waals surface area contributed by atoms with Crippen molar-refractivity contribution in [2.45, 2.75) is 37.7 Å². The van der Waals surface area contributed by atoms with Crippen molar-refractivity contribution >= 4 is 10.9 Å². The van der Waals surface area contributed by atoms with Gasteiger partial charge in [0.05, 0.1) is 6.10 Å². The fraction of sp³-hybridized carbons (Fsp3) is 0.600. The Kier molecular flexibility index (Phi) is 4.88. The summed E-state index contributed by atoms with van der Waals surface area (Å²) in [5.41, 5.74) is 2.72. The minimum atomic E-state index is -0.176. The number of piperidine rings is 2. The van der Waals surface area contributed by atoms with Gasteiger partial charge in [-0.05, 0) is 62.2 Å². The molecule has 1 atom stereocenters. The van der Waals surface area contributed by atoms with E-state index in [1.54, 1.807) is 0 Å². The van der Waals surface area contributed by atoms with Gasteiger partial charge in [0.15, 0.2) is 0 Å². The van der Waals surface area contributed by atoms with Crippen LogP contribution >= 0.6 is 0 Å². The van der Waals surface area contributed by atoms with Crippen LogP contribution in [0.15, 0.2) is 30.5 Å². The molecule has 1 aromatic carbocycles. The van der Waals surface area contributed by atoms with Gasteiger partial charge < -0.3 is 15.0 Å². The monoisotopic (exact) mass is 326 g/mol. The van der Waals surface area contributed by atoms with Gasteiger partial charge in [0.25, 0.3) is 0 Å². The zero-order chi connectivity index (χ0) is 16.4. The Morgan fingerprint density at radius 3 is 2.67 bits per heavy atom. The van der Waals surface area contributed by atoms with E-state index in [9.17, 15) is 5.11 Å². The second-order valence-corrected chi connectivity index (χ2v) is 7.44. The van der Waals surface area contributed by atoms with E-state index in [1.807, 2.05) is 0 Å². The lowest BCUT2D eigenvalue weighted by Crippen LogP contribution is -2.42. The SMILES string of the molecule is OC(CN1CCC(c2c[nH]c3ccccc23)CC1)C1CC[N]CC1. The van der Waals surface area contributed by atoms with Gasteiger partial charge in [-0.1, -0.05) is 18.2 Å². The summed E-state index contributed by atoms with van der Waals surface area (Å²) < 4.78 is 0. The highest BCUT2D eigenvalue weighted by Crippen LogP contribution is 2.33. The van der Waals surface area contributed by atoms with E-state index in [2.05, 4.69) is 45.7 Å². The first-order valence-corrected chi connectivity index (χ1v) is 9.41. The molecule has 4 nitrogen and oxygen atoms in total. The number of aliphatic hydroxyl groups is 1. The van der Waals surface area contributed by atoms with E-state index in [1.165, 1.54) is 29.3 Å². The number of aliphatic hydroxyl groups excluding tert-OH is 1. The molecule has 129 valence electrons. The summed E-state index contributed by atoms with van der Waals surface area (Å²) in [6.45, 7) is 4.90. The Labute approximate surface area is 144 Å². The normalized spacial score (nSPS) is 22.9. The van der Waals surface area contributed by atoms with Gasteiger partial charge in [0, 0.05) is 36.7 Å². The van der Waals surface area contributed by atoms with Crippen molar-refractivity contribution in [3.63, 3.8) is 0 Å². The number of hydrogen-bond donors (Lipinski definition) is 2. The van der Waals surface area contributed by atoms with Crippen molar-refractivity contribution in [2.24, 2.45) is 5.92 Å². The minimum absolute atomic E-state index is 0.176. The molecule has 0 bridgehead atoms. The molecule has 24 heavy (non-hydrogen) atoms. The summed E-state index contributed by atoms with van der Waals surface area (Å²) in [6.07, 6.45) is 6.53. The number of para-hydroxylation sites is 1. The standard InChI is InChI=1S/C20H28N3O/c24-20(16-5-9-21-10-6-16)14-23-11-7-15(8-12-23)18-13-22-19-4-2-1-3-17(18)19/h1-4,13,15-16,20,22,24H,5-12,14H2. The molecule has 0 aliphatic carbocycles. The van der Waals surface area contributed by atoms with Crippen molar-refractivity contribution in [1.82, 2.24) is 15.2 Å². The van der Waals surface area contributed by atoms with Crippen LogP contribution in [0.3, 0.4) is 0 Å². The number of aromatic amines is 1. The van der Waals surface area contributed by atoms with Gasteiger partial charge in [0.2, 0.25) is 0 Å². The van der Waals surface area contributed by atoms with Gasteiger partial charge in [0.1, 0.15) is 0 Å². The molecule has 2 aliphatic rings. The highest BCUT2D eigenvalue weighted by atomic mass is 16.3. The summed E-state index contributed by atoms with van der Waals surface area (Å²) in [4.78, 5) is 5.87. The average Bonchev–Trinajstić information content (AvgIpc) is 3.07. The Morgan fingerprint density at radius 2 is 1.88 bits per heavy atom. The molecule has 1 unspecified atom stereocenters. The second kappa shape index (κ2) is 7.26. The van der Waals surface area contributed by atoms with E-state index in [0.717, 1.165) is 45.6 Å². The van der Waals surface area contributed by atoms with E-state index >= 15 is 0 Å². The van der Waals surface area contributed by atoms with Crippen LogP contribution in [0.1, 0.15) is 37.2 Å². The molecule has 2 aliphatic heterocycles. The van der Waals surface area contributed by atoms with Crippen molar-refractivity contribution < 1.29 is 5.11 Å². The average molecular weight is 326 g/mol. The first kappa shape index (κ1) is 16.1. The van der Waals surface area contributed by atoms with Crippen LogP contribution in [-0.2, 0) is 0 Å². The number of nitrogens with zero attached hydrogens (tertiary/aromatic N) is 2. The highest BCUT2D eigenvalue weighted by molar-refractivity contribution is 5.83. The summed E-state index contributed by atoms with van der Waals surface area (Å²) in [5, 5.41) is 16.3. The molecular formula is C20H28N3O. The van der Waals surface area contributed by atoms with Crippen LogP contribution in [0.25, 0.3) is 10.9 Å². The molecule has 4 rings (SSSR count). The van der Waals surface area contributed by atoms with Gasteiger partial charge >= 0.3 is 0 Å². The summed E-state index contributed by atoms with van der Waals surface area (Å²) in [7, 11) is 0. The van der Waals surface area contributed by atoms with Crippen LogP contribution in [-0.4, -0.2) is 53.8 Å². The predicted octanol–water partition coefficient (Wildman–Crippen LogP) is 2.72. The number of H-pyrrole nitrogens is 1.